The van der Waals surface area contributed by atoms with Crippen molar-refractivity contribution in [1.29, 1.82) is 0 Å². The molecule has 4 nitrogen and oxygen atoms in total. The van der Waals surface area contributed by atoms with Crippen molar-refractivity contribution in [3.63, 3.8) is 0 Å². The zero-order valence-electron chi connectivity index (χ0n) is 10.3. The Labute approximate surface area is 106 Å². The molecule has 1 fully saturated rings. The zero-order chi connectivity index (χ0) is 12.4. The van der Waals surface area contributed by atoms with Gasteiger partial charge in [-0.1, -0.05) is 12.1 Å². The van der Waals surface area contributed by atoms with E-state index >= 15 is 0 Å². The van der Waals surface area contributed by atoms with Gasteiger partial charge < -0.3 is 15.4 Å². The van der Waals surface area contributed by atoms with Crippen molar-refractivity contribution in [3.05, 3.63) is 36.0 Å². The Hall–Kier alpha value is -1.65. The first-order chi connectivity index (χ1) is 8.88. The lowest BCUT2D eigenvalue weighted by Gasteiger charge is -2.29. The molecule has 0 saturated carbocycles. The Morgan fingerprint density at radius 2 is 2.11 bits per heavy atom. The third kappa shape index (κ3) is 2.05. The second-order valence-corrected chi connectivity index (χ2v) is 4.50. The predicted molar refractivity (Wildman–Crippen MR) is 72.7 cm³/mol. The van der Waals surface area contributed by atoms with Crippen LogP contribution in [0.25, 0.3) is 10.9 Å². The number of aromatic nitrogens is 1. The summed E-state index contributed by atoms with van der Waals surface area (Å²) in [6.45, 7) is 3.97. The summed E-state index contributed by atoms with van der Waals surface area (Å²) in [7, 11) is 0. The van der Waals surface area contributed by atoms with E-state index < -0.39 is 0 Å². The zero-order valence-corrected chi connectivity index (χ0v) is 10.3. The summed E-state index contributed by atoms with van der Waals surface area (Å²) in [5.74, 6) is 0. The molecule has 2 aromatic rings. The summed E-state index contributed by atoms with van der Waals surface area (Å²) in [4.78, 5) is 6.90. The molecule has 1 aromatic heterocycles. The predicted octanol–water partition coefficient (Wildman–Crippen LogP) is 1.53. The van der Waals surface area contributed by atoms with Gasteiger partial charge in [-0.2, -0.15) is 0 Å². The number of hydrogen-bond acceptors (Lipinski definition) is 4. The second-order valence-electron chi connectivity index (χ2n) is 4.50. The number of rotatable bonds is 2. The van der Waals surface area contributed by atoms with Crippen LogP contribution in [0.3, 0.4) is 0 Å². The molecule has 94 valence electrons. The topological polar surface area (TPSA) is 51.4 Å². The van der Waals surface area contributed by atoms with Crippen LogP contribution in [0, 0.1) is 0 Å². The van der Waals surface area contributed by atoms with Crippen LogP contribution in [0.15, 0.2) is 30.5 Å². The molecule has 1 saturated heterocycles. The Bertz CT molecular complexity index is 550. The molecule has 1 aromatic carbocycles. The molecule has 0 bridgehead atoms. The second kappa shape index (κ2) is 4.92. The van der Waals surface area contributed by atoms with Gasteiger partial charge in [0.15, 0.2) is 0 Å². The van der Waals surface area contributed by atoms with Crippen molar-refractivity contribution in [2.75, 3.05) is 31.2 Å². The number of anilines is 1. The van der Waals surface area contributed by atoms with E-state index in [1.165, 1.54) is 5.69 Å². The fourth-order valence-electron chi connectivity index (χ4n) is 2.36. The molecule has 1 aliphatic rings. The first-order valence-corrected chi connectivity index (χ1v) is 6.29. The molecule has 0 amide bonds. The van der Waals surface area contributed by atoms with E-state index in [0.717, 1.165) is 42.8 Å². The lowest BCUT2D eigenvalue weighted by Crippen LogP contribution is -2.36. The van der Waals surface area contributed by atoms with Gasteiger partial charge in [0.1, 0.15) is 0 Å². The quantitative estimate of drug-likeness (QED) is 0.869. The van der Waals surface area contributed by atoms with E-state index in [-0.39, 0.29) is 0 Å². The average molecular weight is 243 g/mol. The van der Waals surface area contributed by atoms with Crippen molar-refractivity contribution in [2.45, 2.75) is 6.54 Å². The van der Waals surface area contributed by atoms with Gasteiger partial charge in [0.05, 0.1) is 24.4 Å². The number of hydrogen-bond donors (Lipinski definition) is 1. The molecule has 2 heterocycles. The fraction of sp³-hybridized carbons (Fsp3) is 0.357. The van der Waals surface area contributed by atoms with Crippen LogP contribution < -0.4 is 10.6 Å². The fourth-order valence-corrected chi connectivity index (χ4v) is 2.36. The van der Waals surface area contributed by atoms with E-state index in [1.807, 2.05) is 6.20 Å². The Kier molecular flexibility index (Phi) is 3.13. The number of para-hydroxylation sites is 1. The number of pyridine rings is 1. The van der Waals surface area contributed by atoms with Crippen LogP contribution >= 0.6 is 0 Å². The molecule has 3 rings (SSSR count). The van der Waals surface area contributed by atoms with Crippen LogP contribution in [-0.2, 0) is 11.3 Å². The molecule has 0 atom stereocenters. The minimum absolute atomic E-state index is 0.532. The van der Waals surface area contributed by atoms with Crippen LogP contribution in [0.1, 0.15) is 5.56 Å². The molecule has 4 heteroatoms. The Morgan fingerprint density at radius 3 is 2.89 bits per heavy atom. The molecule has 0 spiro atoms. The molecular formula is C14H17N3O. The van der Waals surface area contributed by atoms with Gasteiger partial charge >= 0.3 is 0 Å². The number of benzene rings is 1. The van der Waals surface area contributed by atoms with Gasteiger partial charge in [-0.05, 0) is 17.7 Å². The van der Waals surface area contributed by atoms with E-state index in [0.29, 0.717) is 6.54 Å². The number of nitrogens with zero attached hydrogens (tertiary/aromatic N) is 2. The summed E-state index contributed by atoms with van der Waals surface area (Å²) < 4.78 is 5.39. The van der Waals surface area contributed by atoms with E-state index in [4.69, 9.17) is 10.5 Å². The summed E-state index contributed by atoms with van der Waals surface area (Å²) in [5, 5.41) is 1.15. The SMILES string of the molecule is NCc1cnc2c(N3CCOCC3)cccc2c1. The Morgan fingerprint density at radius 1 is 1.28 bits per heavy atom. The highest BCUT2D eigenvalue weighted by Gasteiger charge is 2.14. The van der Waals surface area contributed by atoms with Crippen LogP contribution in [0.4, 0.5) is 5.69 Å². The first kappa shape index (κ1) is 11.4. The smallest absolute Gasteiger partial charge is 0.0935 e. The highest BCUT2D eigenvalue weighted by atomic mass is 16.5. The maximum atomic E-state index is 5.65. The summed E-state index contributed by atoms with van der Waals surface area (Å²) in [5.41, 5.74) is 8.97. The van der Waals surface area contributed by atoms with Gasteiger partial charge in [0, 0.05) is 31.2 Å². The Balaban J connectivity index is 2.05. The standard InChI is InChI=1S/C14H17N3O/c15-9-11-8-12-2-1-3-13(14(12)16-10-11)17-4-6-18-7-5-17/h1-3,8,10H,4-7,9,15H2. The number of ether oxygens (including phenoxy) is 1. The third-order valence-corrected chi connectivity index (χ3v) is 3.33. The lowest BCUT2D eigenvalue weighted by atomic mass is 10.1. The minimum atomic E-state index is 0.532. The van der Waals surface area contributed by atoms with Crippen molar-refractivity contribution in [2.24, 2.45) is 5.73 Å². The van der Waals surface area contributed by atoms with Crippen molar-refractivity contribution >= 4 is 16.6 Å². The van der Waals surface area contributed by atoms with Crippen molar-refractivity contribution in [1.82, 2.24) is 4.98 Å². The largest absolute Gasteiger partial charge is 0.378 e. The minimum Gasteiger partial charge on any atom is -0.378 e. The average Bonchev–Trinajstić information content (AvgIpc) is 2.47. The summed E-state index contributed by atoms with van der Waals surface area (Å²) in [6.07, 6.45) is 1.87. The molecule has 1 aliphatic heterocycles. The lowest BCUT2D eigenvalue weighted by molar-refractivity contribution is 0.123. The van der Waals surface area contributed by atoms with Gasteiger partial charge in [-0.25, -0.2) is 0 Å². The van der Waals surface area contributed by atoms with Gasteiger partial charge in [-0.3, -0.25) is 4.98 Å². The highest BCUT2D eigenvalue weighted by Crippen LogP contribution is 2.26. The molecule has 18 heavy (non-hydrogen) atoms. The monoisotopic (exact) mass is 243 g/mol. The molecule has 0 unspecified atom stereocenters. The highest BCUT2D eigenvalue weighted by molar-refractivity contribution is 5.91. The molecule has 2 N–H and O–H groups in total. The van der Waals surface area contributed by atoms with Gasteiger partial charge in [0.25, 0.3) is 0 Å². The van der Waals surface area contributed by atoms with Gasteiger partial charge in [0.2, 0.25) is 0 Å². The first-order valence-electron chi connectivity index (χ1n) is 6.29. The van der Waals surface area contributed by atoms with Crippen molar-refractivity contribution in [3.8, 4) is 0 Å². The van der Waals surface area contributed by atoms with Crippen LogP contribution in [-0.4, -0.2) is 31.3 Å². The van der Waals surface area contributed by atoms with E-state index in [2.05, 4.69) is 34.1 Å². The summed E-state index contributed by atoms with van der Waals surface area (Å²) >= 11 is 0. The van der Waals surface area contributed by atoms with E-state index in [9.17, 15) is 0 Å². The third-order valence-electron chi connectivity index (χ3n) is 3.33. The molecule has 0 aliphatic carbocycles. The maximum Gasteiger partial charge on any atom is 0.0935 e. The number of nitrogens with two attached hydrogens (primary N) is 1. The number of fused-ring (bicyclic) bond motifs is 1. The molecular weight excluding hydrogens is 226 g/mol. The number of morpholine rings is 1. The summed E-state index contributed by atoms with van der Waals surface area (Å²) in [6, 6.07) is 8.41. The van der Waals surface area contributed by atoms with E-state index in [1.54, 1.807) is 0 Å². The van der Waals surface area contributed by atoms with Crippen LogP contribution in [0.2, 0.25) is 0 Å². The van der Waals surface area contributed by atoms with Gasteiger partial charge in [-0.15, -0.1) is 0 Å². The normalized spacial score (nSPS) is 16.2. The molecule has 0 radical (unpaired) electrons. The van der Waals surface area contributed by atoms with Crippen molar-refractivity contribution < 1.29 is 4.74 Å². The van der Waals surface area contributed by atoms with Crippen LogP contribution in [0.5, 0.6) is 0 Å². The maximum absolute atomic E-state index is 5.65.